The summed E-state index contributed by atoms with van der Waals surface area (Å²) >= 11 is 0. The van der Waals surface area contributed by atoms with E-state index in [1.807, 2.05) is 13.2 Å². The maximum Gasteiger partial charge on any atom is 0.0556 e. The third-order valence-corrected chi connectivity index (χ3v) is 3.31. The van der Waals surface area contributed by atoms with Gasteiger partial charge in [0.25, 0.3) is 0 Å². The highest BCUT2D eigenvalue weighted by molar-refractivity contribution is 5.23. The maximum atomic E-state index is 4.34. The molecule has 2 aromatic rings. The summed E-state index contributed by atoms with van der Waals surface area (Å²) in [6.45, 7) is 5.15. The second-order valence-corrected chi connectivity index (χ2v) is 4.60. The van der Waals surface area contributed by atoms with Gasteiger partial charge in [0.2, 0.25) is 0 Å². The predicted octanol–water partition coefficient (Wildman–Crippen LogP) is 2.71. The summed E-state index contributed by atoms with van der Waals surface area (Å²) in [6, 6.07) is 11.1. The molecule has 0 saturated heterocycles. The van der Waals surface area contributed by atoms with Gasteiger partial charge in [-0.15, -0.1) is 0 Å². The van der Waals surface area contributed by atoms with Crippen LogP contribution in [0.15, 0.2) is 36.5 Å². The number of aryl methyl sites for hydroxylation is 2. The van der Waals surface area contributed by atoms with Crippen LogP contribution in [0.1, 0.15) is 29.8 Å². The largest absolute Gasteiger partial charge is 0.311 e. The van der Waals surface area contributed by atoms with Gasteiger partial charge >= 0.3 is 0 Å². The van der Waals surface area contributed by atoms with Gasteiger partial charge in [-0.1, -0.05) is 29.8 Å². The van der Waals surface area contributed by atoms with Crippen molar-refractivity contribution in [1.82, 2.24) is 15.1 Å². The van der Waals surface area contributed by atoms with E-state index in [4.69, 9.17) is 0 Å². The quantitative estimate of drug-likeness (QED) is 0.875. The summed E-state index contributed by atoms with van der Waals surface area (Å²) in [7, 11) is 2.01. The highest BCUT2D eigenvalue weighted by atomic mass is 15.3. The topological polar surface area (TPSA) is 29.9 Å². The lowest BCUT2D eigenvalue weighted by Gasteiger charge is -2.17. The molecule has 1 aromatic carbocycles. The summed E-state index contributed by atoms with van der Waals surface area (Å²) in [4.78, 5) is 0. The molecule has 1 unspecified atom stereocenters. The van der Waals surface area contributed by atoms with Crippen molar-refractivity contribution >= 4 is 0 Å². The average molecular weight is 243 g/mol. The molecule has 96 valence electrons. The molecule has 1 atom stereocenters. The van der Waals surface area contributed by atoms with E-state index < -0.39 is 0 Å². The number of nitrogens with zero attached hydrogens (tertiary/aromatic N) is 2. The van der Waals surface area contributed by atoms with Crippen LogP contribution in [-0.4, -0.2) is 16.8 Å². The van der Waals surface area contributed by atoms with E-state index in [0.29, 0.717) is 6.04 Å². The normalized spacial score (nSPS) is 12.6. The van der Waals surface area contributed by atoms with Crippen LogP contribution in [0.5, 0.6) is 0 Å². The van der Waals surface area contributed by atoms with Gasteiger partial charge < -0.3 is 5.32 Å². The Morgan fingerprint density at radius 3 is 2.56 bits per heavy atom. The molecule has 0 fully saturated rings. The van der Waals surface area contributed by atoms with Crippen molar-refractivity contribution in [2.45, 2.75) is 32.9 Å². The number of likely N-dealkylation sites (N-methyl/N-ethyl adjacent to an activating group) is 1. The van der Waals surface area contributed by atoms with E-state index in [9.17, 15) is 0 Å². The minimum Gasteiger partial charge on any atom is -0.311 e. The van der Waals surface area contributed by atoms with E-state index >= 15 is 0 Å². The molecular formula is C15H21N3. The van der Waals surface area contributed by atoms with E-state index in [1.165, 1.54) is 16.8 Å². The smallest absolute Gasteiger partial charge is 0.0556 e. The predicted molar refractivity (Wildman–Crippen MR) is 74.6 cm³/mol. The first-order chi connectivity index (χ1) is 8.74. The average Bonchev–Trinajstić information content (AvgIpc) is 2.86. The molecule has 1 heterocycles. The fourth-order valence-electron chi connectivity index (χ4n) is 2.22. The fourth-order valence-corrected chi connectivity index (χ4v) is 2.22. The van der Waals surface area contributed by atoms with Crippen LogP contribution in [0.3, 0.4) is 0 Å². The van der Waals surface area contributed by atoms with Gasteiger partial charge in [0.05, 0.1) is 11.7 Å². The number of aromatic nitrogens is 2. The molecule has 0 amide bonds. The molecule has 3 heteroatoms. The summed E-state index contributed by atoms with van der Waals surface area (Å²) in [5.41, 5.74) is 3.91. The molecule has 0 radical (unpaired) electrons. The van der Waals surface area contributed by atoms with Crippen LogP contribution in [0.2, 0.25) is 0 Å². The zero-order valence-corrected chi connectivity index (χ0v) is 11.4. The Morgan fingerprint density at radius 1 is 1.22 bits per heavy atom. The Labute approximate surface area is 109 Å². The van der Waals surface area contributed by atoms with Crippen LogP contribution in [0.25, 0.3) is 0 Å². The van der Waals surface area contributed by atoms with Crippen LogP contribution in [-0.2, 0) is 13.0 Å². The van der Waals surface area contributed by atoms with E-state index in [-0.39, 0.29) is 0 Å². The molecule has 0 aliphatic heterocycles. The fraction of sp³-hybridized carbons (Fsp3) is 0.400. The Kier molecular flexibility index (Phi) is 4.15. The zero-order valence-electron chi connectivity index (χ0n) is 11.4. The summed E-state index contributed by atoms with van der Waals surface area (Å²) < 4.78 is 2.05. The lowest BCUT2D eigenvalue weighted by molar-refractivity contribution is 0.513. The molecule has 0 spiro atoms. The Balaban J connectivity index is 2.17. The van der Waals surface area contributed by atoms with Crippen molar-refractivity contribution in [1.29, 1.82) is 0 Å². The first-order valence-electron chi connectivity index (χ1n) is 6.49. The molecule has 0 aliphatic rings. The minimum absolute atomic E-state index is 0.315. The van der Waals surface area contributed by atoms with Crippen molar-refractivity contribution in [2.24, 2.45) is 0 Å². The molecule has 3 nitrogen and oxygen atoms in total. The van der Waals surface area contributed by atoms with E-state index in [0.717, 1.165) is 13.0 Å². The van der Waals surface area contributed by atoms with E-state index in [1.54, 1.807) is 0 Å². The number of nitrogens with one attached hydrogen (secondary N) is 1. The molecule has 0 saturated carbocycles. The monoisotopic (exact) mass is 243 g/mol. The van der Waals surface area contributed by atoms with Crippen molar-refractivity contribution < 1.29 is 0 Å². The summed E-state index contributed by atoms with van der Waals surface area (Å²) in [5.74, 6) is 0. The summed E-state index contributed by atoms with van der Waals surface area (Å²) in [5, 5.41) is 7.72. The Bertz CT molecular complexity index is 485. The lowest BCUT2D eigenvalue weighted by atomic mass is 10.0. The van der Waals surface area contributed by atoms with Crippen LogP contribution < -0.4 is 5.32 Å². The first kappa shape index (κ1) is 12.8. The number of hydrogen-bond acceptors (Lipinski definition) is 2. The van der Waals surface area contributed by atoms with E-state index in [2.05, 4.69) is 59.3 Å². The lowest BCUT2D eigenvalue weighted by Crippen LogP contribution is -2.22. The Morgan fingerprint density at radius 2 is 1.94 bits per heavy atom. The third-order valence-electron chi connectivity index (χ3n) is 3.31. The molecule has 1 N–H and O–H groups in total. The summed E-state index contributed by atoms with van der Waals surface area (Å²) in [6.07, 6.45) is 2.86. The van der Waals surface area contributed by atoms with Crippen LogP contribution in [0, 0.1) is 6.92 Å². The number of rotatable bonds is 5. The van der Waals surface area contributed by atoms with Gasteiger partial charge in [-0.25, -0.2) is 0 Å². The van der Waals surface area contributed by atoms with Gasteiger partial charge in [-0.3, -0.25) is 4.68 Å². The van der Waals surface area contributed by atoms with Gasteiger partial charge in [-0.05, 0) is 38.9 Å². The highest BCUT2D eigenvalue weighted by Gasteiger charge is 2.14. The zero-order chi connectivity index (χ0) is 13.0. The molecule has 1 aromatic heterocycles. The SMILES string of the molecule is CCn1nccc1C(Cc1ccc(C)cc1)NC. The molecule has 0 aliphatic carbocycles. The van der Waals surface area contributed by atoms with Crippen LogP contribution in [0.4, 0.5) is 0 Å². The van der Waals surface area contributed by atoms with Gasteiger partial charge in [0, 0.05) is 12.7 Å². The second-order valence-electron chi connectivity index (χ2n) is 4.60. The van der Waals surface area contributed by atoms with Gasteiger partial charge in [-0.2, -0.15) is 5.10 Å². The maximum absolute atomic E-state index is 4.34. The molecule has 0 bridgehead atoms. The minimum atomic E-state index is 0.315. The van der Waals surface area contributed by atoms with Crippen molar-refractivity contribution in [3.05, 3.63) is 53.3 Å². The molecular weight excluding hydrogens is 222 g/mol. The van der Waals surface area contributed by atoms with Crippen molar-refractivity contribution in [3.63, 3.8) is 0 Å². The van der Waals surface area contributed by atoms with Gasteiger partial charge in [0.1, 0.15) is 0 Å². The van der Waals surface area contributed by atoms with Crippen LogP contribution >= 0.6 is 0 Å². The van der Waals surface area contributed by atoms with Crippen molar-refractivity contribution in [3.8, 4) is 0 Å². The molecule has 18 heavy (non-hydrogen) atoms. The highest BCUT2D eigenvalue weighted by Crippen LogP contribution is 2.18. The number of hydrogen-bond donors (Lipinski definition) is 1. The standard InChI is InChI=1S/C15H21N3/c1-4-18-15(9-10-17-18)14(16-3)11-13-7-5-12(2)6-8-13/h5-10,14,16H,4,11H2,1-3H3. The Hall–Kier alpha value is -1.61. The third kappa shape index (κ3) is 2.79. The molecule has 2 rings (SSSR count). The second kappa shape index (κ2) is 5.83. The first-order valence-corrected chi connectivity index (χ1v) is 6.49. The number of benzene rings is 1. The van der Waals surface area contributed by atoms with Gasteiger partial charge in [0.15, 0.2) is 0 Å². The van der Waals surface area contributed by atoms with Crippen molar-refractivity contribution in [2.75, 3.05) is 7.05 Å².